The van der Waals surface area contributed by atoms with Crippen LogP contribution in [0.15, 0.2) is 199 Å². The normalized spacial score (nSPS) is 13.8. The Hall–Kier alpha value is -7.04. The Balaban J connectivity index is 1.20. The maximum absolute atomic E-state index is 6.89. The molecule has 2 heterocycles. The SMILES string of the molecule is C1=C(N(c2ccccc2)c2ccc(-c3ccccc3)cc2)c2c(oc3cc4ccccc4cc23)CC1c1nc(-c2ccccc2)cc(-c2ccccc2)n1. The molecule has 0 amide bonds. The summed E-state index contributed by atoms with van der Waals surface area (Å²) < 4.78 is 6.89. The molecule has 4 nitrogen and oxygen atoms in total. The largest absolute Gasteiger partial charge is 0.460 e. The number of nitrogens with zero attached hydrogens (tertiary/aromatic N) is 3. The fourth-order valence-electron chi connectivity index (χ4n) is 7.73. The summed E-state index contributed by atoms with van der Waals surface area (Å²) in [4.78, 5) is 13.0. The average molecular weight is 694 g/mol. The van der Waals surface area contributed by atoms with Gasteiger partial charge in [-0.3, -0.25) is 0 Å². The molecule has 1 atom stereocenters. The number of aromatic nitrogens is 2. The number of para-hydroxylation sites is 1. The van der Waals surface area contributed by atoms with E-state index in [1.165, 1.54) is 16.5 Å². The fourth-order valence-corrected chi connectivity index (χ4v) is 7.73. The van der Waals surface area contributed by atoms with Crippen LogP contribution in [0.2, 0.25) is 0 Å². The van der Waals surface area contributed by atoms with Crippen molar-refractivity contribution in [2.75, 3.05) is 4.90 Å². The predicted molar refractivity (Wildman–Crippen MR) is 222 cm³/mol. The highest BCUT2D eigenvalue weighted by Crippen LogP contribution is 2.46. The zero-order valence-electron chi connectivity index (χ0n) is 29.5. The molecule has 4 heteroatoms. The van der Waals surface area contributed by atoms with Crippen LogP contribution in [0.3, 0.4) is 0 Å². The summed E-state index contributed by atoms with van der Waals surface area (Å²) in [6.07, 6.45) is 3.00. The molecule has 0 fully saturated rings. The van der Waals surface area contributed by atoms with Crippen LogP contribution in [0.4, 0.5) is 11.4 Å². The highest BCUT2D eigenvalue weighted by molar-refractivity contribution is 6.05. The van der Waals surface area contributed by atoms with E-state index in [-0.39, 0.29) is 5.92 Å². The topological polar surface area (TPSA) is 42.2 Å². The van der Waals surface area contributed by atoms with Crippen LogP contribution < -0.4 is 4.90 Å². The van der Waals surface area contributed by atoms with Gasteiger partial charge in [-0.25, -0.2) is 9.97 Å². The van der Waals surface area contributed by atoms with E-state index in [0.29, 0.717) is 6.42 Å². The number of rotatable bonds is 7. The second-order valence-electron chi connectivity index (χ2n) is 13.8. The quantitative estimate of drug-likeness (QED) is 0.167. The summed E-state index contributed by atoms with van der Waals surface area (Å²) in [6, 6.07) is 65.8. The summed E-state index contributed by atoms with van der Waals surface area (Å²) in [5, 5.41) is 3.43. The molecule has 10 rings (SSSR count). The summed E-state index contributed by atoms with van der Waals surface area (Å²) in [7, 11) is 0. The van der Waals surface area contributed by atoms with Crippen molar-refractivity contribution < 1.29 is 4.42 Å². The van der Waals surface area contributed by atoms with E-state index in [0.717, 1.165) is 73.1 Å². The van der Waals surface area contributed by atoms with Gasteiger partial charge in [0, 0.05) is 45.8 Å². The number of anilines is 2. The molecule has 2 aromatic heterocycles. The smallest absolute Gasteiger partial charge is 0.137 e. The second-order valence-corrected chi connectivity index (χ2v) is 13.8. The molecule has 9 aromatic rings. The lowest BCUT2D eigenvalue weighted by atomic mass is 9.88. The van der Waals surface area contributed by atoms with E-state index in [1.54, 1.807) is 0 Å². The van der Waals surface area contributed by atoms with E-state index >= 15 is 0 Å². The van der Waals surface area contributed by atoms with Crippen molar-refractivity contribution in [2.45, 2.75) is 12.3 Å². The molecule has 0 radical (unpaired) electrons. The van der Waals surface area contributed by atoms with E-state index in [1.807, 2.05) is 12.1 Å². The molecule has 1 aliphatic rings. The van der Waals surface area contributed by atoms with Gasteiger partial charge < -0.3 is 9.32 Å². The number of allylic oxidation sites excluding steroid dienone is 1. The van der Waals surface area contributed by atoms with Gasteiger partial charge in [0.1, 0.15) is 17.2 Å². The van der Waals surface area contributed by atoms with Gasteiger partial charge in [0.15, 0.2) is 0 Å². The van der Waals surface area contributed by atoms with Crippen molar-refractivity contribution in [3.63, 3.8) is 0 Å². The molecular formula is C50H35N3O. The molecule has 0 bridgehead atoms. The number of furan rings is 1. The first kappa shape index (κ1) is 31.7. The molecule has 0 saturated carbocycles. The van der Waals surface area contributed by atoms with Crippen molar-refractivity contribution in [3.8, 4) is 33.6 Å². The van der Waals surface area contributed by atoms with Crippen molar-refractivity contribution in [1.29, 1.82) is 0 Å². The maximum Gasteiger partial charge on any atom is 0.137 e. The summed E-state index contributed by atoms with van der Waals surface area (Å²) >= 11 is 0. The molecule has 0 aliphatic heterocycles. The number of hydrogen-bond acceptors (Lipinski definition) is 4. The highest BCUT2D eigenvalue weighted by atomic mass is 16.3. The van der Waals surface area contributed by atoms with Crippen LogP contribution in [-0.4, -0.2) is 9.97 Å². The van der Waals surface area contributed by atoms with Gasteiger partial charge in [-0.05, 0) is 70.4 Å². The Morgan fingerprint density at radius 1 is 0.481 bits per heavy atom. The van der Waals surface area contributed by atoms with E-state index in [2.05, 4.69) is 187 Å². The van der Waals surface area contributed by atoms with Crippen LogP contribution in [0.1, 0.15) is 23.1 Å². The minimum absolute atomic E-state index is 0.164. The van der Waals surface area contributed by atoms with Gasteiger partial charge >= 0.3 is 0 Å². The number of fused-ring (bicyclic) bond motifs is 4. The van der Waals surface area contributed by atoms with Crippen molar-refractivity contribution in [3.05, 3.63) is 211 Å². The van der Waals surface area contributed by atoms with Crippen LogP contribution in [0.5, 0.6) is 0 Å². The molecule has 1 aliphatic carbocycles. The Labute approximate surface area is 314 Å². The van der Waals surface area contributed by atoms with E-state index in [9.17, 15) is 0 Å². The summed E-state index contributed by atoms with van der Waals surface area (Å²) in [5.41, 5.74) is 11.4. The number of hydrogen-bond donors (Lipinski definition) is 0. The van der Waals surface area contributed by atoms with Gasteiger partial charge in [0.2, 0.25) is 0 Å². The van der Waals surface area contributed by atoms with Gasteiger partial charge in [0.05, 0.1) is 17.1 Å². The Morgan fingerprint density at radius 3 is 1.59 bits per heavy atom. The molecule has 7 aromatic carbocycles. The standard InChI is InChI=1S/C50H35N3O/c1-5-15-34(16-6-1)35-25-27-42(28-26-35)53(41-23-11-4-12-24-41)46-30-40(32-48-49(46)43-29-38-21-13-14-22-39(38)31-47(43)54-48)50-51-44(36-17-7-2-8-18-36)33-45(52-50)37-19-9-3-10-20-37/h1-31,33,40H,32H2. The first-order valence-corrected chi connectivity index (χ1v) is 18.4. The van der Waals surface area contributed by atoms with Gasteiger partial charge in [-0.1, -0.05) is 146 Å². The van der Waals surface area contributed by atoms with Crippen molar-refractivity contribution in [2.24, 2.45) is 0 Å². The van der Waals surface area contributed by atoms with Gasteiger partial charge in [0.25, 0.3) is 0 Å². The van der Waals surface area contributed by atoms with Crippen LogP contribution in [0, 0.1) is 0 Å². The van der Waals surface area contributed by atoms with Gasteiger partial charge in [-0.15, -0.1) is 0 Å². The molecular weight excluding hydrogens is 659 g/mol. The van der Waals surface area contributed by atoms with E-state index in [4.69, 9.17) is 14.4 Å². The van der Waals surface area contributed by atoms with Crippen molar-refractivity contribution >= 4 is 38.8 Å². The number of benzene rings is 7. The zero-order chi connectivity index (χ0) is 35.8. The molecule has 0 spiro atoms. The van der Waals surface area contributed by atoms with Crippen LogP contribution >= 0.6 is 0 Å². The third-order valence-corrected chi connectivity index (χ3v) is 10.4. The van der Waals surface area contributed by atoms with Crippen LogP contribution in [-0.2, 0) is 6.42 Å². The first-order valence-electron chi connectivity index (χ1n) is 18.4. The lowest BCUT2D eigenvalue weighted by molar-refractivity contribution is 0.526. The maximum atomic E-state index is 6.89. The third-order valence-electron chi connectivity index (χ3n) is 10.4. The van der Waals surface area contributed by atoms with Gasteiger partial charge in [-0.2, -0.15) is 0 Å². The highest BCUT2D eigenvalue weighted by Gasteiger charge is 2.33. The molecule has 0 N–H and O–H groups in total. The zero-order valence-corrected chi connectivity index (χ0v) is 29.5. The molecule has 256 valence electrons. The molecule has 1 unspecified atom stereocenters. The monoisotopic (exact) mass is 693 g/mol. The molecule has 0 saturated heterocycles. The first-order chi connectivity index (χ1) is 26.7. The predicted octanol–water partition coefficient (Wildman–Crippen LogP) is 12.9. The Bertz CT molecular complexity index is 2720. The van der Waals surface area contributed by atoms with E-state index < -0.39 is 0 Å². The minimum atomic E-state index is -0.164. The summed E-state index contributed by atoms with van der Waals surface area (Å²) in [5.74, 6) is 1.53. The molecule has 54 heavy (non-hydrogen) atoms. The van der Waals surface area contributed by atoms with Crippen molar-refractivity contribution in [1.82, 2.24) is 9.97 Å². The Kier molecular flexibility index (Phi) is 7.92. The lowest BCUT2D eigenvalue weighted by Gasteiger charge is -2.32. The minimum Gasteiger partial charge on any atom is -0.460 e. The summed E-state index contributed by atoms with van der Waals surface area (Å²) in [6.45, 7) is 0. The lowest BCUT2D eigenvalue weighted by Crippen LogP contribution is -2.21. The second kappa shape index (κ2) is 13.5. The average Bonchev–Trinajstić information content (AvgIpc) is 3.61. The van der Waals surface area contributed by atoms with Crippen LogP contribution in [0.25, 0.3) is 61.1 Å². The third kappa shape index (κ3) is 5.84. The fraction of sp³-hybridized carbons (Fsp3) is 0.0400. The Morgan fingerprint density at radius 2 is 0.981 bits per heavy atom.